The highest BCUT2D eigenvalue weighted by molar-refractivity contribution is 6.29. The SMILES string of the molecule is CN(Cc1ccccc1)[C@@H]1CCCN(C(=O)CCc2cc(Cl)no2)C1. The maximum Gasteiger partial charge on any atom is 0.223 e. The number of nitrogens with zero attached hydrogens (tertiary/aromatic N) is 3. The molecule has 3 rings (SSSR count). The van der Waals surface area contributed by atoms with E-state index in [2.05, 4.69) is 41.4 Å². The number of aryl methyl sites for hydroxylation is 1. The summed E-state index contributed by atoms with van der Waals surface area (Å²) < 4.78 is 5.07. The number of hydrogen-bond donors (Lipinski definition) is 0. The lowest BCUT2D eigenvalue weighted by Gasteiger charge is -2.37. The van der Waals surface area contributed by atoms with Crippen LogP contribution in [0.1, 0.15) is 30.6 Å². The first-order valence-electron chi connectivity index (χ1n) is 8.75. The van der Waals surface area contributed by atoms with Gasteiger partial charge in [0.25, 0.3) is 0 Å². The molecular weight excluding hydrogens is 338 g/mol. The van der Waals surface area contributed by atoms with Crippen LogP contribution in [0.4, 0.5) is 0 Å². The number of rotatable bonds is 6. The van der Waals surface area contributed by atoms with E-state index < -0.39 is 0 Å². The quantitative estimate of drug-likeness (QED) is 0.791. The molecule has 25 heavy (non-hydrogen) atoms. The van der Waals surface area contributed by atoms with Gasteiger partial charge >= 0.3 is 0 Å². The summed E-state index contributed by atoms with van der Waals surface area (Å²) in [6.45, 7) is 2.54. The molecule has 2 aromatic rings. The van der Waals surface area contributed by atoms with Gasteiger partial charge in [0.1, 0.15) is 5.76 Å². The maximum absolute atomic E-state index is 12.5. The fraction of sp³-hybridized carbons (Fsp3) is 0.474. The van der Waals surface area contributed by atoms with Crippen LogP contribution in [-0.4, -0.2) is 47.0 Å². The van der Waals surface area contributed by atoms with Crippen molar-refractivity contribution < 1.29 is 9.32 Å². The minimum absolute atomic E-state index is 0.172. The van der Waals surface area contributed by atoms with E-state index in [4.69, 9.17) is 16.1 Å². The molecule has 0 N–H and O–H groups in total. The second kappa shape index (κ2) is 8.50. The van der Waals surface area contributed by atoms with Gasteiger partial charge in [-0.25, -0.2) is 0 Å². The van der Waals surface area contributed by atoms with E-state index in [0.717, 1.165) is 32.5 Å². The van der Waals surface area contributed by atoms with Crippen molar-refractivity contribution in [3.8, 4) is 0 Å². The summed E-state index contributed by atoms with van der Waals surface area (Å²) in [6.07, 6.45) is 3.15. The molecule has 1 aliphatic rings. The van der Waals surface area contributed by atoms with Crippen molar-refractivity contribution in [2.24, 2.45) is 0 Å². The molecule has 0 aliphatic carbocycles. The average Bonchev–Trinajstić information content (AvgIpc) is 3.06. The fourth-order valence-electron chi connectivity index (χ4n) is 3.34. The summed E-state index contributed by atoms with van der Waals surface area (Å²) >= 11 is 5.74. The van der Waals surface area contributed by atoms with E-state index >= 15 is 0 Å². The molecule has 134 valence electrons. The largest absolute Gasteiger partial charge is 0.360 e. The van der Waals surface area contributed by atoms with Crippen LogP contribution in [0, 0.1) is 0 Å². The first kappa shape index (κ1) is 18.0. The van der Waals surface area contributed by atoms with Crippen molar-refractivity contribution in [2.45, 2.75) is 38.3 Å². The minimum atomic E-state index is 0.172. The Labute approximate surface area is 153 Å². The number of carbonyl (C=O) groups is 1. The summed E-state index contributed by atoms with van der Waals surface area (Å²) in [5.74, 6) is 0.832. The molecule has 1 aliphatic heterocycles. The Hall–Kier alpha value is -1.85. The summed E-state index contributed by atoms with van der Waals surface area (Å²) in [6, 6.07) is 12.5. The third-order valence-corrected chi connectivity index (χ3v) is 4.94. The summed E-state index contributed by atoms with van der Waals surface area (Å²) in [5, 5.41) is 3.98. The van der Waals surface area contributed by atoms with E-state index in [1.165, 1.54) is 5.56 Å². The third kappa shape index (κ3) is 5.06. The molecule has 2 heterocycles. The van der Waals surface area contributed by atoms with Crippen LogP contribution < -0.4 is 0 Å². The standard InChI is InChI=1S/C19H24ClN3O2/c1-22(13-15-6-3-2-4-7-15)16-8-5-11-23(14-16)19(24)10-9-17-12-18(20)21-25-17/h2-4,6-7,12,16H,5,8-11,13-14H2,1H3/t16-/m1/s1. The van der Waals surface area contributed by atoms with Gasteiger partial charge in [0.2, 0.25) is 5.91 Å². The fourth-order valence-corrected chi connectivity index (χ4v) is 3.49. The van der Waals surface area contributed by atoms with Crippen LogP contribution in [0.15, 0.2) is 40.9 Å². The first-order valence-corrected chi connectivity index (χ1v) is 9.12. The third-order valence-electron chi connectivity index (χ3n) is 4.76. The van der Waals surface area contributed by atoms with Crippen molar-refractivity contribution in [2.75, 3.05) is 20.1 Å². The van der Waals surface area contributed by atoms with Gasteiger partial charge in [-0.1, -0.05) is 47.1 Å². The van der Waals surface area contributed by atoms with E-state index in [0.29, 0.717) is 29.8 Å². The van der Waals surface area contributed by atoms with E-state index in [1.54, 1.807) is 6.07 Å². The second-order valence-corrected chi connectivity index (χ2v) is 7.04. The van der Waals surface area contributed by atoms with Crippen LogP contribution in [0.3, 0.4) is 0 Å². The number of piperidine rings is 1. The van der Waals surface area contributed by atoms with Crippen LogP contribution in [0.25, 0.3) is 0 Å². The summed E-state index contributed by atoms with van der Waals surface area (Å²) in [4.78, 5) is 16.8. The van der Waals surface area contributed by atoms with Gasteiger partial charge in [0, 0.05) is 44.6 Å². The molecule has 5 nitrogen and oxygen atoms in total. The highest BCUT2D eigenvalue weighted by atomic mass is 35.5. The predicted molar refractivity (Wildman–Crippen MR) is 97.3 cm³/mol. The van der Waals surface area contributed by atoms with Crippen molar-refractivity contribution in [3.05, 3.63) is 52.9 Å². The number of halogens is 1. The molecule has 1 saturated heterocycles. The smallest absolute Gasteiger partial charge is 0.223 e. The van der Waals surface area contributed by atoms with Gasteiger partial charge in [-0.15, -0.1) is 0 Å². The average molecular weight is 362 g/mol. The Balaban J connectivity index is 1.50. The highest BCUT2D eigenvalue weighted by Gasteiger charge is 2.26. The normalized spacial score (nSPS) is 17.9. The van der Waals surface area contributed by atoms with Gasteiger partial charge < -0.3 is 9.42 Å². The van der Waals surface area contributed by atoms with Crippen LogP contribution in [0.5, 0.6) is 0 Å². The minimum Gasteiger partial charge on any atom is -0.360 e. The van der Waals surface area contributed by atoms with Crippen molar-refractivity contribution in [1.82, 2.24) is 15.0 Å². The molecule has 1 atom stereocenters. The molecule has 6 heteroatoms. The molecule has 1 aromatic carbocycles. The van der Waals surface area contributed by atoms with Gasteiger partial charge in [-0.05, 0) is 25.5 Å². The Morgan fingerprint density at radius 2 is 2.20 bits per heavy atom. The highest BCUT2D eigenvalue weighted by Crippen LogP contribution is 2.18. The molecule has 1 fully saturated rings. The Bertz CT molecular complexity index is 689. The monoisotopic (exact) mass is 361 g/mol. The van der Waals surface area contributed by atoms with Gasteiger partial charge in [-0.3, -0.25) is 9.69 Å². The number of hydrogen-bond acceptors (Lipinski definition) is 4. The van der Waals surface area contributed by atoms with Crippen LogP contribution in [0.2, 0.25) is 5.15 Å². The molecule has 0 saturated carbocycles. The Morgan fingerprint density at radius 3 is 2.92 bits per heavy atom. The molecule has 0 unspecified atom stereocenters. The molecule has 0 bridgehead atoms. The number of aromatic nitrogens is 1. The van der Waals surface area contributed by atoms with E-state index in [-0.39, 0.29) is 5.91 Å². The number of amides is 1. The Morgan fingerprint density at radius 1 is 1.40 bits per heavy atom. The van der Waals surface area contributed by atoms with E-state index in [9.17, 15) is 4.79 Å². The van der Waals surface area contributed by atoms with Gasteiger partial charge in [-0.2, -0.15) is 0 Å². The lowest BCUT2D eigenvalue weighted by atomic mass is 10.0. The predicted octanol–water partition coefficient (Wildman–Crippen LogP) is 3.38. The number of likely N-dealkylation sites (tertiary alicyclic amines) is 1. The molecule has 0 radical (unpaired) electrons. The maximum atomic E-state index is 12.5. The lowest BCUT2D eigenvalue weighted by Crippen LogP contribution is -2.48. The zero-order valence-electron chi connectivity index (χ0n) is 14.5. The van der Waals surface area contributed by atoms with Gasteiger partial charge in [0.05, 0.1) is 0 Å². The van der Waals surface area contributed by atoms with Crippen molar-refractivity contribution in [3.63, 3.8) is 0 Å². The van der Waals surface area contributed by atoms with Crippen LogP contribution in [-0.2, 0) is 17.8 Å². The van der Waals surface area contributed by atoms with E-state index in [1.807, 2.05) is 11.0 Å². The first-order chi connectivity index (χ1) is 12.1. The number of likely N-dealkylation sites (N-methyl/N-ethyl adjacent to an activating group) is 1. The topological polar surface area (TPSA) is 49.6 Å². The molecule has 1 amide bonds. The second-order valence-electron chi connectivity index (χ2n) is 6.65. The van der Waals surface area contributed by atoms with Crippen LogP contribution >= 0.6 is 11.6 Å². The lowest BCUT2D eigenvalue weighted by molar-refractivity contribution is -0.133. The number of carbonyl (C=O) groups excluding carboxylic acids is 1. The summed E-state index contributed by atoms with van der Waals surface area (Å²) in [7, 11) is 2.14. The van der Waals surface area contributed by atoms with Crippen molar-refractivity contribution in [1.29, 1.82) is 0 Å². The summed E-state index contributed by atoms with van der Waals surface area (Å²) in [5.41, 5.74) is 1.30. The van der Waals surface area contributed by atoms with Gasteiger partial charge in [0.15, 0.2) is 5.15 Å². The zero-order valence-corrected chi connectivity index (χ0v) is 15.3. The Kier molecular flexibility index (Phi) is 6.10. The molecular formula is C19H24ClN3O2. The zero-order chi connectivity index (χ0) is 17.6. The van der Waals surface area contributed by atoms with Crippen molar-refractivity contribution >= 4 is 17.5 Å². The molecule has 1 aromatic heterocycles. The number of benzene rings is 1. The molecule has 0 spiro atoms.